The molecule has 0 amide bonds. The number of nitrogens with zero attached hydrogens (tertiary/aromatic N) is 2. The number of para-hydroxylation sites is 3. The van der Waals surface area contributed by atoms with Gasteiger partial charge < -0.3 is 9.13 Å². The molecule has 10 rings (SSSR count). The average molecular weight is 591 g/mol. The summed E-state index contributed by atoms with van der Waals surface area (Å²) >= 11 is 1.87. The van der Waals surface area contributed by atoms with E-state index in [0.717, 1.165) is 0 Å². The van der Waals surface area contributed by atoms with Crippen LogP contribution in [0, 0.1) is 0 Å². The lowest BCUT2D eigenvalue weighted by molar-refractivity contribution is 1.17. The number of thiophene rings is 1. The van der Waals surface area contributed by atoms with E-state index in [1.165, 1.54) is 86.3 Å². The summed E-state index contributed by atoms with van der Waals surface area (Å²) in [4.78, 5) is 0. The van der Waals surface area contributed by atoms with E-state index in [-0.39, 0.29) is 0 Å². The van der Waals surface area contributed by atoms with Crippen molar-refractivity contribution in [1.82, 2.24) is 9.13 Å². The van der Waals surface area contributed by atoms with Gasteiger partial charge in [-0.05, 0) is 71.8 Å². The van der Waals surface area contributed by atoms with E-state index >= 15 is 0 Å². The molecule has 0 radical (unpaired) electrons. The molecule has 0 atom stereocenters. The molecule has 3 aromatic heterocycles. The van der Waals surface area contributed by atoms with Gasteiger partial charge in [0.05, 0.1) is 27.8 Å². The summed E-state index contributed by atoms with van der Waals surface area (Å²) in [6.07, 6.45) is 0. The number of aromatic nitrogens is 2. The molecule has 45 heavy (non-hydrogen) atoms. The Bertz CT molecular complexity index is 2710. The molecule has 2 nitrogen and oxygen atoms in total. The normalized spacial score (nSPS) is 12.0. The molecule has 0 N–H and O–H groups in total. The van der Waals surface area contributed by atoms with Gasteiger partial charge in [-0.1, -0.05) is 97.1 Å². The number of benzene rings is 7. The third-order valence-electron chi connectivity index (χ3n) is 9.31. The molecule has 0 spiro atoms. The van der Waals surface area contributed by atoms with Crippen molar-refractivity contribution in [3.63, 3.8) is 0 Å². The summed E-state index contributed by atoms with van der Waals surface area (Å²) in [6.45, 7) is 0. The first-order valence-electron chi connectivity index (χ1n) is 15.4. The molecule has 0 unspecified atom stereocenters. The van der Waals surface area contributed by atoms with E-state index in [1.807, 2.05) is 11.3 Å². The molecular weight excluding hydrogens is 565 g/mol. The fraction of sp³-hybridized carbons (Fsp3) is 0. The Labute approximate surface area is 263 Å². The molecule has 3 heteroatoms. The molecule has 10 aromatic rings. The Kier molecular flexibility index (Phi) is 5.19. The molecule has 0 fully saturated rings. The maximum Gasteiger partial charge on any atom is 0.0562 e. The summed E-state index contributed by atoms with van der Waals surface area (Å²) in [5.41, 5.74) is 9.75. The second-order valence-electron chi connectivity index (χ2n) is 11.8. The topological polar surface area (TPSA) is 9.86 Å². The highest BCUT2D eigenvalue weighted by Gasteiger charge is 2.19. The van der Waals surface area contributed by atoms with E-state index in [4.69, 9.17) is 0 Å². The molecule has 3 heterocycles. The van der Waals surface area contributed by atoms with Gasteiger partial charge in [0.15, 0.2) is 0 Å². The van der Waals surface area contributed by atoms with Crippen molar-refractivity contribution in [3.8, 4) is 22.5 Å². The fourth-order valence-corrected chi connectivity index (χ4v) is 8.43. The third kappa shape index (κ3) is 3.56. The lowest BCUT2D eigenvalue weighted by Crippen LogP contribution is -1.96. The number of fused-ring (bicyclic) bond motifs is 9. The van der Waals surface area contributed by atoms with Crippen LogP contribution in [-0.2, 0) is 0 Å². The van der Waals surface area contributed by atoms with Crippen LogP contribution in [-0.4, -0.2) is 9.13 Å². The summed E-state index contributed by atoms with van der Waals surface area (Å²) in [5.74, 6) is 0. The predicted molar refractivity (Wildman–Crippen MR) is 193 cm³/mol. The second-order valence-corrected chi connectivity index (χ2v) is 12.8. The van der Waals surface area contributed by atoms with Crippen LogP contribution in [0.1, 0.15) is 0 Å². The SMILES string of the molecule is c1ccc(-c2ccc3sc4ccc(-n5c6ccccc6c6c(-n7c8ccccc8c8ccccc87)cccc65)cc4c3c2)cc1. The van der Waals surface area contributed by atoms with Gasteiger partial charge in [-0.3, -0.25) is 0 Å². The van der Waals surface area contributed by atoms with Crippen LogP contribution in [0.5, 0.6) is 0 Å². The fourth-order valence-electron chi connectivity index (χ4n) is 7.36. The van der Waals surface area contributed by atoms with Crippen molar-refractivity contribution in [2.75, 3.05) is 0 Å². The summed E-state index contributed by atoms with van der Waals surface area (Å²) in [7, 11) is 0. The van der Waals surface area contributed by atoms with Gasteiger partial charge in [0.25, 0.3) is 0 Å². The minimum absolute atomic E-state index is 1.18. The van der Waals surface area contributed by atoms with Crippen molar-refractivity contribution in [1.29, 1.82) is 0 Å². The standard InChI is InChI=1S/C42H26N2S/c1-2-11-27(12-3-1)28-21-23-40-33(25-28)34-26-29(22-24-41(34)45-40)43-37-18-9-6-15-32(37)42-38(43)19-10-20-39(42)44-35-16-7-4-13-30(35)31-14-5-8-17-36(31)44/h1-26H. The zero-order valence-electron chi connectivity index (χ0n) is 24.3. The Morgan fingerprint density at radius 2 is 0.933 bits per heavy atom. The van der Waals surface area contributed by atoms with E-state index in [0.29, 0.717) is 0 Å². The minimum Gasteiger partial charge on any atom is -0.309 e. The lowest BCUT2D eigenvalue weighted by Gasteiger charge is -2.11. The number of hydrogen-bond donors (Lipinski definition) is 0. The monoisotopic (exact) mass is 590 g/mol. The summed E-state index contributed by atoms with van der Waals surface area (Å²) in [6, 6.07) is 57.7. The highest BCUT2D eigenvalue weighted by atomic mass is 32.1. The van der Waals surface area contributed by atoms with Gasteiger partial charge in [-0.25, -0.2) is 0 Å². The first kappa shape index (κ1) is 24.8. The van der Waals surface area contributed by atoms with Crippen LogP contribution >= 0.6 is 11.3 Å². The Hall–Kier alpha value is -5.64. The minimum atomic E-state index is 1.18. The van der Waals surface area contributed by atoms with Crippen molar-refractivity contribution < 1.29 is 0 Å². The molecule has 0 aliphatic rings. The van der Waals surface area contributed by atoms with Crippen molar-refractivity contribution in [2.24, 2.45) is 0 Å². The second kappa shape index (κ2) is 9.43. The highest BCUT2D eigenvalue weighted by Crippen LogP contribution is 2.42. The number of hydrogen-bond acceptors (Lipinski definition) is 1. The van der Waals surface area contributed by atoms with Crippen LogP contribution in [0.15, 0.2) is 158 Å². The highest BCUT2D eigenvalue weighted by molar-refractivity contribution is 7.25. The largest absolute Gasteiger partial charge is 0.309 e. The Morgan fingerprint density at radius 3 is 1.67 bits per heavy atom. The third-order valence-corrected chi connectivity index (χ3v) is 10.5. The van der Waals surface area contributed by atoms with Crippen LogP contribution in [0.4, 0.5) is 0 Å². The average Bonchev–Trinajstić information content (AvgIpc) is 3.76. The summed E-state index contributed by atoms with van der Waals surface area (Å²) < 4.78 is 7.53. The first-order valence-corrected chi connectivity index (χ1v) is 16.2. The predicted octanol–water partition coefficient (Wildman–Crippen LogP) is 11.9. The van der Waals surface area contributed by atoms with Crippen LogP contribution in [0.3, 0.4) is 0 Å². The van der Waals surface area contributed by atoms with Gasteiger partial charge in [0, 0.05) is 47.4 Å². The molecule has 0 saturated carbocycles. The van der Waals surface area contributed by atoms with Crippen molar-refractivity contribution in [2.45, 2.75) is 0 Å². The zero-order chi connectivity index (χ0) is 29.5. The van der Waals surface area contributed by atoms with E-state index in [1.54, 1.807) is 0 Å². The smallest absolute Gasteiger partial charge is 0.0562 e. The quantitative estimate of drug-likeness (QED) is 0.194. The van der Waals surface area contributed by atoms with Gasteiger partial charge in [-0.15, -0.1) is 11.3 Å². The zero-order valence-corrected chi connectivity index (χ0v) is 25.1. The molecular formula is C42H26N2S. The van der Waals surface area contributed by atoms with Crippen LogP contribution < -0.4 is 0 Å². The molecule has 0 saturated heterocycles. The Balaban J connectivity index is 1.26. The maximum absolute atomic E-state index is 2.45. The molecule has 210 valence electrons. The van der Waals surface area contributed by atoms with Crippen molar-refractivity contribution >= 4 is 75.1 Å². The number of rotatable bonds is 3. The Morgan fingerprint density at radius 1 is 0.356 bits per heavy atom. The molecule has 7 aromatic carbocycles. The van der Waals surface area contributed by atoms with Crippen molar-refractivity contribution in [3.05, 3.63) is 158 Å². The van der Waals surface area contributed by atoms with Gasteiger partial charge in [0.2, 0.25) is 0 Å². The van der Waals surface area contributed by atoms with E-state index in [9.17, 15) is 0 Å². The maximum atomic E-state index is 2.45. The van der Waals surface area contributed by atoms with Crippen LogP contribution in [0.25, 0.3) is 86.3 Å². The van der Waals surface area contributed by atoms with E-state index < -0.39 is 0 Å². The first-order chi connectivity index (χ1) is 22.3. The van der Waals surface area contributed by atoms with E-state index in [2.05, 4.69) is 167 Å². The molecule has 0 aliphatic carbocycles. The molecule has 0 bridgehead atoms. The lowest BCUT2D eigenvalue weighted by atomic mass is 10.0. The van der Waals surface area contributed by atoms with Gasteiger partial charge in [-0.2, -0.15) is 0 Å². The van der Waals surface area contributed by atoms with Crippen LogP contribution in [0.2, 0.25) is 0 Å². The van der Waals surface area contributed by atoms with Gasteiger partial charge >= 0.3 is 0 Å². The van der Waals surface area contributed by atoms with Gasteiger partial charge in [0.1, 0.15) is 0 Å². The molecule has 0 aliphatic heterocycles. The summed E-state index contributed by atoms with van der Waals surface area (Å²) in [5, 5.41) is 7.68.